The van der Waals surface area contributed by atoms with Crippen molar-refractivity contribution in [2.75, 3.05) is 49.1 Å². The van der Waals surface area contributed by atoms with Crippen LogP contribution in [0.25, 0.3) is 0 Å². The molecular weight excluding hydrogens is 416 g/mol. The number of anilines is 2. The van der Waals surface area contributed by atoms with E-state index in [0.29, 0.717) is 48.4 Å². The zero-order valence-corrected chi connectivity index (χ0v) is 18.4. The molecule has 0 aliphatic carbocycles. The Morgan fingerprint density at radius 1 is 1.00 bits per heavy atom. The summed E-state index contributed by atoms with van der Waals surface area (Å²) in [5.74, 6) is 0.481. The van der Waals surface area contributed by atoms with Gasteiger partial charge in [-0.1, -0.05) is 24.6 Å². The smallest absolute Gasteiger partial charge is 0.293 e. The van der Waals surface area contributed by atoms with Crippen LogP contribution in [0.4, 0.5) is 17.1 Å². The van der Waals surface area contributed by atoms with Crippen LogP contribution in [0.5, 0.6) is 0 Å². The molecule has 0 saturated carbocycles. The number of hydrogen-bond acceptors (Lipinski definition) is 5. The second-order valence-electron chi connectivity index (χ2n) is 8.39. The van der Waals surface area contributed by atoms with E-state index in [2.05, 4.69) is 16.7 Å². The number of benzene rings is 2. The number of carbonyl (C=O) groups excluding carboxylic acids is 1. The Hall–Kier alpha value is -2.80. The Morgan fingerprint density at radius 2 is 1.71 bits per heavy atom. The summed E-state index contributed by atoms with van der Waals surface area (Å²) >= 11 is 6.09. The summed E-state index contributed by atoms with van der Waals surface area (Å²) in [5, 5.41) is 12.4. The largest absolute Gasteiger partial charge is 0.368 e. The molecule has 31 heavy (non-hydrogen) atoms. The monoisotopic (exact) mass is 442 g/mol. The van der Waals surface area contributed by atoms with Crippen LogP contribution in [0.1, 0.15) is 30.1 Å². The third-order valence-electron chi connectivity index (χ3n) is 6.28. The quantitative estimate of drug-likeness (QED) is 0.517. The molecule has 1 amide bonds. The predicted octanol–water partition coefficient (Wildman–Crippen LogP) is 4.45. The summed E-state index contributed by atoms with van der Waals surface area (Å²) < 4.78 is 0. The molecular formula is C23H27ClN4O3. The van der Waals surface area contributed by atoms with Gasteiger partial charge in [-0.05, 0) is 49.1 Å². The molecule has 2 saturated heterocycles. The number of piperazine rings is 1. The lowest BCUT2D eigenvalue weighted by Gasteiger charge is -2.36. The molecule has 2 aromatic rings. The predicted molar refractivity (Wildman–Crippen MR) is 123 cm³/mol. The number of halogens is 1. The van der Waals surface area contributed by atoms with Crippen molar-refractivity contribution in [3.8, 4) is 0 Å². The molecule has 8 heteroatoms. The first-order chi connectivity index (χ1) is 14.9. The van der Waals surface area contributed by atoms with Gasteiger partial charge in [-0.2, -0.15) is 0 Å². The Labute approximate surface area is 187 Å². The Bertz CT molecular complexity index is 967. The van der Waals surface area contributed by atoms with Crippen molar-refractivity contribution in [3.63, 3.8) is 0 Å². The summed E-state index contributed by atoms with van der Waals surface area (Å²) in [6.07, 6.45) is 2.05. The molecule has 0 aromatic heterocycles. The molecule has 2 aliphatic heterocycles. The van der Waals surface area contributed by atoms with Crippen LogP contribution in [-0.4, -0.2) is 55.0 Å². The van der Waals surface area contributed by atoms with E-state index in [1.54, 1.807) is 17.0 Å². The first kappa shape index (κ1) is 21.4. The van der Waals surface area contributed by atoms with Crippen LogP contribution < -0.4 is 9.80 Å². The van der Waals surface area contributed by atoms with E-state index in [-0.39, 0.29) is 16.5 Å². The zero-order chi connectivity index (χ0) is 22.0. The Morgan fingerprint density at radius 3 is 2.35 bits per heavy atom. The maximum atomic E-state index is 13.1. The number of rotatable bonds is 4. The second-order valence-corrected chi connectivity index (χ2v) is 8.83. The van der Waals surface area contributed by atoms with Crippen LogP contribution >= 0.6 is 11.6 Å². The number of nitro benzene ring substituents is 1. The summed E-state index contributed by atoms with van der Waals surface area (Å²) in [6.45, 7) is 6.33. The third-order valence-corrected chi connectivity index (χ3v) is 6.52. The van der Waals surface area contributed by atoms with Crippen molar-refractivity contribution in [1.29, 1.82) is 0 Å². The molecule has 2 aliphatic rings. The molecule has 2 heterocycles. The molecule has 4 rings (SSSR count). The minimum absolute atomic E-state index is 0.0120. The fourth-order valence-electron chi connectivity index (χ4n) is 4.34. The molecule has 2 aromatic carbocycles. The van der Waals surface area contributed by atoms with E-state index in [4.69, 9.17) is 11.6 Å². The van der Waals surface area contributed by atoms with E-state index in [1.165, 1.54) is 6.07 Å². The standard InChI is InChI=1S/C23H27ClN4O3/c1-17-7-9-26(10-8-17)21-6-5-18(15-22(21)28(30)31)23(29)27-13-11-25(12-14-27)20-4-2-3-19(24)16-20/h2-6,15-17H,7-14H2,1H3. The van der Waals surface area contributed by atoms with Crippen molar-refractivity contribution in [3.05, 3.63) is 63.2 Å². The van der Waals surface area contributed by atoms with Gasteiger partial charge in [-0.3, -0.25) is 14.9 Å². The summed E-state index contributed by atoms with van der Waals surface area (Å²) in [6, 6.07) is 12.6. The normalized spacial score (nSPS) is 17.7. The number of nitro groups is 1. The number of nitrogens with zero attached hydrogens (tertiary/aromatic N) is 4. The SMILES string of the molecule is CC1CCN(c2ccc(C(=O)N3CCN(c4cccc(Cl)c4)CC3)cc2[N+](=O)[O-])CC1. The average molecular weight is 443 g/mol. The number of hydrogen-bond donors (Lipinski definition) is 0. The van der Waals surface area contributed by atoms with Crippen molar-refractivity contribution >= 4 is 34.6 Å². The van der Waals surface area contributed by atoms with Crippen molar-refractivity contribution < 1.29 is 9.72 Å². The van der Waals surface area contributed by atoms with Gasteiger partial charge in [-0.25, -0.2) is 0 Å². The average Bonchev–Trinajstić information content (AvgIpc) is 2.79. The summed E-state index contributed by atoms with van der Waals surface area (Å²) in [7, 11) is 0. The molecule has 164 valence electrons. The zero-order valence-electron chi connectivity index (χ0n) is 17.7. The van der Waals surface area contributed by atoms with Crippen LogP contribution in [0.2, 0.25) is 5.02 Å². The van der Waals surface area contributed by atoms with Gasteiger partial charge in [0.15, 0.2) is 0 Å². The molecule has 7 nitrogen and oxygen atoms in total. The van der Waals surface area contributed by atoms with Crippen molar-refractivity contribution in [2.24, 2.45) is 5.92 Å². The van der Waals surface area contributed by atoms with Gasteiger partial charge in [0.25, 0.3) is 11.6 Å². The minimum Gasteiger partial charge on any atom is -0.368 e. The summed E-state index contributed by atoms with van der Waals surface area (Å²) in [5.41, 5.74) is 2.03. The highest BCUT2D eigenvalue weighted by Gasteiger charge is 2.27. The first-order valence-corrected chi connectivity index (χ1v) is 11.1. The molecule has 0 bridgehead atoms. The van der Waals surface area contributed by atoms with Gasteiger partial charge >= 0.3 is 0 Å². The van der Waals surface area contributed by atoms with Gasteiger partial charge in [-0.15, -0.1) is 0 Å². The number of carbonyl (C=O) groups is 1. The van der Waals surface area contributed by atoms with E-state index in [1.807, 2.05) is 24.3 Å². The van der Waals surface area contributed by atoms with E-state index < -0.39 is 0 Å². The molecule has 0 atom stereocenters. The minimum atomic E-state index is -0.374. The maximum absolute atomic E-state index is 13.1. The summed E-state index contributed by atoms with van der Waals surface area (Å²) in [4.78, 5) is 30.4. The van der Waals surface area contributed by atoms with Crippen LogP contribution in [0.3, 0.4) is 0 Å². The second kappa shape index (κ2) is 9.14. The molecule has 0 N–H and O–H groups in total. The third kappa shape index (κ3) is 4.77. The Balaban J connectivity index is 1.46. The van der Waals surface area contributed by atoms with Gasteiger partial charge in [0.05, 0.1) is 4.92 Å². The Kier molecular flexibility index (Phi) is 6.32. The van der Waals surface area contributed by atoms with Gasteiger partial charge < -0.3 is 14.7 Å². The van der Waals surface area contributed by atoms with Gasteiger partial charge in [0.2, 0.25) is 0 Å². The highest BCUT2D eigenvalue weighted by atomic mass is 35.5. The number of piperidine rings is 1. The maximum Gasteiger partial charge on any atom is 0.293 e. The molecule has 0 unspecified atom stereocenters. The highest BCUT2D eigenvalue weighted by molar-refractivity contribution is 6.30. The highest BCUT2D eigenvalue weighted by Crippen LogP contribution is 2.33. The fourth-order valence-corrected chi connectivity index (χ4v) is 4.53. The lowest BCUT2D eigenvalue weighted by Crippen LogP contribution is -2.48. The first-order valence-electron chi connectivity index (χ1n) is 10.8. The van der Waals surface area contributed by atoms with Crippen molar-refractivity contribution in [1.82, 2.24) is 4.90 Å². The van der Waals surface area contributed by atoms with Gasteiger partial charge in [0.1, 0.15) is 5.69 Å². The van der Waals surface area contributed by atoms with E-state index in [0.717, 1.165) is 31.6 Å². The van der Waals surface area contributed by atoms with E-state index in [9.17, 15) is 14.9 Å². The molecule has 2 fully saturated rings. The lowest BCUT2D eigenvalue weighted by molar-refractivity contribution is -0.384. The lowest BCUT2D eigenvalue weighted by atomic mass is 9.98. The molecule has 0 radical (unpaired) electrons. The number of amides is 1. The van der Waals surface area contributed by atoms with Crippen LogP contribution in [0, 0.1) is 16.0 Å². The topological polar surface area (TPSA) is 69.9 Å². The van der Waals surface area contributed by atoms with Crippen LogP contribution in [-0.2, 0) is 0 Å². The fraction of sp³-hybridized carbons (Fsp3) is 0.435. The van der Waals surface area contributed by atoms with E-state index >= 15 is 0 Å². The van der Waals surface area contributed by atoms with Crippen molar-refractivity contribution in [2.45, 2.75) is 19.8 Å². The van der Waals surface area contributed by atoms with Gasteiger partial charge in [0, 0.05) is 61.6 Å². The van der Waals surface area contributed by atoms with Crippen LogP contribution in [0.15, 0.2) is 42.5 Å². The molecule has 0 spiro atoms.